The summed E-state index contributed by atoms with van der Waals surface area (Å²) in [7, 11) is 0. The summed E-state index contributed by atoms with van der Waals surface area (Å²) in [5.41, 5.74) is 2.74. The molecule has 170 valence electrons. The van der Waals surface area contributed by atoms with Crippen molar-refractivity contribution in [1.29, 1.82) is 0 Å². The van der Waals surface area contributed by atoms with E-state index >= 15 is 0 Å². The van der Waals surface area contributed by atoms with Crippen LogP contribution in [-0.4, -0.2) is 33.8 Å². The van der Waals surface area contributed by atoms with Gasteiger partial charge in [0.25, 0.3) is 5.91 Å². The molecule has 4 rings (SSSR count). The minimum absolute atomic E-state index is 0.254. The van der Waals surface area contributed by atoms with Crippen LogP contribution in [-0.2, 0) is 4.74 Å². The van der Waals surface area contributed by atoms with Gasteiger partial charge in [-0.3, -0.25) is 14.2 Å². The number of aryl methyl sites for hydroxylation is 1. The van der Waals surface area contributed by atoms with E-state index in [1.54, 1.807) is 73.8 Å². The number of nitrogens with zero attached hydrogens (tertiary/aromatic N) is 1. The molecule has 3 aromatic carbocycles. The average molecular weight is 455 g/mol. The molecule has 8 nitrogen and oxygen atoms in total. The standard InChI is InChI=1S/C26H21N3O5/c1-17-15-27-26(33)29(17)22-13-9-20(10-14-22)25(32)34-16-23(30)18-7-11-21(12-8-18)28-24(31)19-5-3-2-4-6-19/h2-15H,16H2,1H3,(H,27,33)(H,28,31). The van der Waals surface area contributed by atoms with Gasteiger partial charge in [0.2, 0.25) is 0 Å². The fourth-order valence-electron chi connectivity index (χ4n) is 3.35. The first-order valence-corrected chi connectivity index (χ1v) is 10.5. The molecule has 0 atom stereocenters. The van der Waals surface area contributed by atoms with Crippen LogP contribution in [0.25, 0.3) is 5.69 Å². The number of Topliss-reactive ketones (excluding diaryl/α,β-unsaturated/α-hetero) is 1. The lowest BCUT2D eigenvalue weighted by Gasteiger charge is -2.08. The number of carbonyl (C=O) groups excluding carboxylic acids is 3. The molecule has 34 heavy (non-hydrogen) atoms. The second-order valence-electron chi connectivity index (χ2n) is 7.51. The first-order valence-electron chi connectivity index (χ1n) is 10.5. The zero-order valence-electron chi connectivity index (χ0n) is 18.3. The smallest absolute Gasteiger partial charge is 0.338 e. The number of imidazole rings is 1. The van der Waals surface area contributed by atoms with E-state index in [0.717, 1.165) is 5.69 Å². The van der Waals surface area contributed by atoms with E-state index in [9.17, 15) is 19.2 Å². The highest BCUT2D eigenvalue weighted by Gasteiger charge is 2.13. The molecular weight excluding hydrogens is 434 g/mol. The number of carbonyl (C=O) groups is 3. The molecule has 0 saturated heterocycles. The Morgan fingerprint density at radius 3 is 2.12 bits per heavy atom. The molecule has 0 bridgehead atoms. The molecule has 0 aliphatic rings. The van der Waals surface area contributed by atoms with Crippen LogP contribution in [0.3, 0.4) is 0 Å². The molecule has 8 heteroatoms. The number of amides is 1. The molecule has 0 spiro atoms. The van der Waals surface area contributed by atoms with Crippen molar-refractivity contribution >= 4 is 23.3 Å². The number of hydrogen-bond donors (Lipinski definition) is 2. The van der Waals surface area contributed by atoms with E-state index in [-0.39, 0.29) is 22.9 Å². The third-order valence-electron chi connectivity index (χ3n) is 5.16. The van der Waals surface area contributed by atoms with Gasteiger partial charge in [-0.05, 0) is 67.6 Å². The number of nitrogens with one attached hydrogen (secondary N) is 2. The predicted molar refractivity (Wildman–Crippen MR) is 127 cm³/mol. The summed E-state index contributed by atoms with van der Waals surface area (Å²) in [4.78, 5) is 51.4. The van der Waals surface area contributed by atoms with Gasteiger partial charge in [0.15, 0.2) is 12.4 Å². The van der Waals surface area contributed by atoms with Crippen LogP contribution in [0.4, 0.5) is 5.69 Å². The van der Waals surface area contributed by atoms with Gasteiger partial charge in [0, 0.05) is 28.7 Å². The van der Waals surface area contributed by atoms with E-state index in [1.807, 2.05) is 6.07 Å². The molecule has 1 aromatic heterocycles. The molecule has 4 aromatic rings. The van der Waals surface area contributed by atoms with Gasteiger partial charge in [-0.15, -0.1) is 0 Å². The summed E-state index contributed by atoms with van der Waals surface area (Å²) >= 11 is 0. The molecule has 2 N–H and O–H groups in total. The van der Waals surface area contributed by atoms with E-state index in [2.05, 4.69) is 10.3 Å². The van der Waals surface area contributed by atoms with Crippen LogP contribution in [0.5, 0.6) is 0 Å². The minimum Gasteiger partial charge on any atom is -0.454 e. The van der Waals surface area contributed by atoms with Crippen LogP contribution in [0.2, 0.25) is 0 Å². The van der Waals surface area contributed by atoms with Crippen molar-refractivity contribution in [2.75, 3.05) is 11.9 Å². The highest BCUT2D eigenvalue weighted by molar-refractivity contribution is 6.05. The Labute approximate surface area is 194 Å². The third-order valence-corrected chi connectivity index (χ3v) is 5.16. The first kappa shape index (κ1) is 22.5. The number of ketones is 1. The van der Waals surface area contributed by atoms with Crippen molar-refractivity contribution in [3.8, 4) is 5.69 Å². The number of anilines is 1. The number of H-pyrrole nitrogens is 1. The zero-order chi connectivity index (χ0) is 24.1. The van der Waals surface area contributed by atoms with Crippen LogP contribution in [0.1, 0.15) is 36.8 Å². The third kappa shape index (κ3) is 5.02. The topological polar surface area (TPSA) is 110 Å². The first-order chi connectivity index (χ1) is 16.4. The van der Waals surface area contributed by atoms with Crippen molar-refractivity contribution in [1.82, 2.24) is 9.55 Å². The van der Waals surface area contributed by atoms with Gasteiger partial charge in [-0.2, -0.15) is 0 Å². The largest absolute Gasteiger partial charge is 0.454 e. The van der Waals surface area contributed by atoms with Gasteiger partial charge in [0.1, 0.15) is 0 Å². The zero-order valence-corrected chi connectivity index (χ0v) is 18.3. The summed E-state index contributed by atoms with van der Waals surface area (Å²) in [5, 5.41) is 2.76. The fourth-order valence-corrected chi connectivity index (χ4v) is 3.35. The molecule has 0 aliphatic heterocycles. The maximum absolute atomic E-state index is 12.4. The number of aromatic nitrogens is 2. The van der Waals surface area contributed by atoms with E-state index in [1.165, 1.54) is 16.7 Å². The summed E-state index contributed by atoms with van der Waals surface area (Å²) < 4.78 is 6.62. The average Bonchev–Trinajstić information content (AvgIpc) is 3.21. The summed E-state index contributed by atoms with van der Waals surface area (Å²) in [6, 6.07) is 21.4. The maximum Gasteiger partial charge on any atom is 0.338 e. The molecule has 0 radical (unpaired) electrons. The van der Waals surface area contributed by atoms with Crippen molar-refractivity contribution in [3.05, 3.63) is 118 Å². The Balaban J connectivity index is 1.33. The van der Waals surface area contributed by atoms with Gasteiger partial charge < -0.3 is 15.0 Å². The Morgan fingerprint density at radius 2 is 1.50 bits per heavy atom. The lowest BCUT2D eigenvalue weighted by Crippen LogP contribution is -2.17. The normalized spacial score (nSPS) is 10.5. The van der Waals surface area contributed by atoms with Gasteiger partial charge in [0.05, 0.1) is 11.3 Å². The molecule has 1 amide bonds. The number of esters is 1. The number of benzene rings is 3. The number of aromatic amines is 1. The van der Waals surface area contributed by atoms with Crippen LogP contribution in [0, 0.1) is 6.92 Å². The van der Waals surface area contributed by atoms with Crippen molar-refractivity contribution in [3.63, 3.8) is 0 Å². The predicted octanol–water partition coefficient (Wildman–Crippen LogP) is 3.77. The number of hydrogen-bond acceptors (Lipinski definition) is 5. The van der Waals surface area contributed by atoms with Gasteiger partial charge in [-0.1, -0.05) is 18.2 Å². The highest BCUT2D eigenvalue weighted by atomic mass is 16.5. The van der Waals surface area contributed by atoms with E-state index in [4.69, 9.17) is 4.74 Å². The van der Waals surface area contributed by atoms with Gasteiger partial charge in [-0.25, -0.2) is 9.59 Å². The molecule has 0 unspecified atom stereocenters. The number of rotatable bonds is 7. The van der Waals surface area contributed by atoms with Crippen molar-refractivity contribution in [2.45, 2.75) is 6.92 Å². The minimum atomic E-state index is -0.648. The monoisotopic (exact) mass is 455 g/mol. The van der Waals surface area contributed by atoms with E-state index in [0.29, 0.717) is 22.5 Å². The Morgan fingerprint density at radius 1 is 0.853 bits per heavy atom. The lowest BCUT2D eigenvalue weighted by molar-refractivity contribution is 0.0474. The molecule has 0 fully saturated rings. The van der Waals surface area contributed by atoms with Crippen LogP contribution >= 0.6 is 0 Å². The molecule has 1 heterocycles. The fraction of sp³-hybridized carbons (Fsp3) is 0.0769. The molecular formula is C26H21N3O5. The lowest BCUT2D eigenvalue weighted by atomic mass is 10.1. The molecule has 0 aliphatic carbocycles. The Bertz CT molecular complexity index is 1390. The second kappa shape index (κ2) is 9.83. The van der Waals surface area contributed by atoms with Gasteiger partial charge >= 0.3 is 11.7 Å². The summed E-state index contributed by atoms with van der Waals surface area (Å²) in [5.74, 6) is -1.28. The molecule has 0 saturated carbocycles. The second-order valence-corrected chi connectivity index (χ2v) is 7.51. The van der Waals surface area contributed by atoms with Crippen molar-refractivity contribution < 1.29 is 19.1 Å². The van der Waals surface area contributed by atoms with Crippen LogP contribution < -0.4 is 11.0 Å². The van der Waals surface area contributed by atoms with E-state index < -0.39 is 12.6 Å². The number of ether oxygens (including phenoxy) is 1. The maximum atomic E-state index is 12.4. The Hall–Kier alpha value is -4.72. The summed E-state index contributed by atoms with van der Waals surface area (Å²) in [6.45, 7) is 1.36. The Kier molecular flexibility index (Phi) is 6.49. The highest BCUT2D eigenvalue weighted by Crippen LogP contribution is 2.14. The summed E-state index contributed by atoms with van der Waals surface area (Å²) in [6.07, 6.45) is 1.60. The van der Waals surface area contributed by atoms with Crippen LogP contribution in [0.15, 0.2) is 89.9 Å². The quantitative estimate of drug-likeness (QED) is 0.326. The van der Waals surface area contributed by atoms with Crippen molar-refractivity contribution in [2.24, 2.45) is 0 Å². The SMILES string of the molecule is Cc1c[nH]c(=O)n1-c1ccc(C(=O)OCC(=O)c2ccc(NC(=O)c3ccccc3)cc2)cc1.